The number of ether oxygens (including phenoxy) is 1. The van der Waals surface area contributed by atoms with Gasteiger partial charge in [0.15, 0.2) is 0 Å². The van der Waals surface area contributed by atoms with Gasteiger partial charge in [-0.15, -0.1) is 0 Å². The molecule has 2 heteroatoms. The molecule has 0 aliphatic rings. The van der Waals surface area contributed by atoms with Gasteiger partial charge in [0, 0.05) is 12.7 Å². The van der Waals surface area contributed by atoms with Crippen molar-refractivity contribution >= 4 is 5.69 Å². The maximum absolute atomic E-state index is 5.66. The zero-order chi connectivity index (χ0) is 11.2. The van der Waals surface area contributed by atoms with Gasteiger partial charge in [0.05, 0.1) is 0 Å². The van der Waals surface area contributed by atoms with Crippen molar-refractivity contribution in [2.45, 2.75) is 6.61 Å². The molecule has 0 aliphatic heterocycles. The number of benzene rings is 2. The summed E-state index contributed by atoms with van der Waals surface area (Å²) in [6, 6.07) is 18.0. The quantitative estimate of drug-likeness (QED) is 0.841. The van der Waals surface area contributed by atoms with Crippen LogP contribution in [0.15, 0.2) is 54.6 Å². The zero-order valence-electron chi connectivity index (χ0n) is 9.31. The minimum Gasteiger partial charge on any atom is -0.489 e. The molecule has 2 aromatic carbocycles. The summed E-state index contributed by atoms with van der Waals surface area (Å²) >= 11 is 0. The SMILES string of the molecule is CNc1cccc(COc2ccccc2)c1. The number of hydrogen-bond acceptors (Lipinski definition) is 2. The zero-order valence-corrected chi connectivity index (χ0v) is 9.31. The van der Waals surface area contributed by atoms with E-state index in [-0.39, 0.29) is 0 Å². The van der Waals surface area contributed by atoms with E-state index in [0.717, 1.165) is 17.0 Å². The van der Waals surface area contributed by atoms with Crippen molar-refractivity contribution < 1.29 is 4.74 Å². The van der Waals surface area contributed by atoms with Crippen molar-refractivity contribution in [3.8, 4) is 5.75 Å². The molecule has 0 bridgehead atoms. The van der Waals surface area contributed by atoms with Crippen LogP contribution in [-0.4, -0.2) is 7.05 Å². The Labute approximate surface area is 95.9 Å². The molecule has 0 aliphatic carbocycles. The minimum absolute atomic E-state index is 0.597. The molecule has 82 valence electrons. The van der Waals surface area contributed by atoms with Gasteiger partial charge >= 0.3 is 0 Å². The highest BCUT2D eigenvalue weighted by molar-refractivity contribution is 5.44. The van der Waals surface area contributed by atoms with Gasteiger partial charge < -0.3 is 10.1 Å². The van der Waals surface area contributed by atoms with Crippen molar-refractivity contribution in [2.75, 3.05) is 12.4 Å². The van der Waals surface area contributed by atoms with Crippen LogP contribution < -0.4 is 10.1 Å². The number of para-hydroxylation sites is 1. The standard InChI is InChI=1S/C14H15NO/c1-15-13-7-5-6-12(10-13)11-16-14-8-3-2-4-9-14/h2-10,15H,11H2,1H3. The van der Waals surface area contributed by atoms with Gasteiger partial charge in [-0.05, 0) is 29.8 Å². The molecule has 2 nitrogen and oxygen atoms in total. The monoisotopic (exact) mass is 213 g/mol. The summed E-state index contributed by atoms with van der Waals surface area (Å²) in [6.45, 7) is 0.597. The van der Waals surface area contributed by atoms with Crippen LogP contribution in [0.4, 0.5) is 5.69 Å². The van der Waals surface area contributed by atoms with E-state index in [2.05, 4.69) is 17.4 Å². The molecule has 0 saturated heterocycles. The van der Waals surface area contributed by atoms with Crippen LogP contribution in [-0.2, 0) is 6.61 Å². The molecule has 0 spiro atoms. The summed E-state index contributed by atoms with van der Waals surface area (Å²) < 4.78 is 5.66. The fourth-order valence-corrected chi connectivity index (χ4v) is 1.50. The molecule has 2 aromatic rings. The Hall–Kier alpha value is -1.96. The Balaban J connectivity index is 1.99. The normalized spacial score (nSPS) is 9.81. The molecule has 2 rings (SSSR count). The first-order valence-electron chi connectivity index (χ1n) is 5.33. The Morgan fingerprint density at radius 3 is 2.56 bits per heavy atom. The summed E-state index contributed by atoms with van der Waals surface area (Å²) in [5.41, 5.74) is 2.27. The van der Waals surface area contributed by atoms with E-state index in [9.17, 15) is 0 Å². The van der Waals surface area contributed by atoms with E-state index in [1.807, 2.05) is 49.5 Å². The minimum atomic E-state index is 0.597. The van der Waals surface area contributed by atoms with Gasteiger partial charge in [-0.1, -0.05) is 30.3 Å². The topological polar surface area (TPSA) is 21.3 Å². The number of rotatable bonds is 4. The molecule has 0 saturated carbocycles. The molecule has 0 atom stereocenters. The first-order valence-corrected chi connectivity index (χ1v) is 5.33. The van der Waals surface area contributed by atoms with Crippen LogP contribution in [0.2, 0.25) is 0 Å². The maximum Gasteiger partial charge on any atom is 0.119 e. The Kier molecular flexibility index (Phi) is 3.44. The lowest BCUT2D eigenvalue weighted by atomic mass is 10.2. The second kappa shape index (κ2) is 5.21. The number of anilines is 1. The summed E-state index contributed by atoms with van der Waals surface area (Å²) in [6.07, 6.45) is 0. The predicted octanol–water partition coefficient (Wildman–Crippen LogP) is 3.31. The van der Waals surface area contributed by atoms with Crippen LogP contribution in [0.3, 0.4) is 0 Å². The molecule has 0 radical (unpaired) electrons. The van der Waals surface area contributed by atoms with Crippen LogP contribution in [0, 0.1) is 0 Å². The maximum atomic E-state index is 5.66. The van der Waals surface area contributed by atoms with Crippen molar-refractivity contribution in [3.63, 3.8) is 0 Å². The Morgan fingerprint density at radius 1 is 1.00 bits per heavy atom. The van der Waals surface area contributed by atoms with Crippen molar-refractivity contribution in [2.24, 2.45) is 0 Å². The third-order valence-corrected chi connectivity index (χ3v) is 2.36. The summed E-state index contributed by atoms with van der Waals surface area (Å²) in [7, 11) is 1.91. The van der Waals surface area contributed by atoms with Gasteiger partial charge in [-0.2, -0.15) is 0 Å². The fourth-order valence-electron chi connectivity index (χ4n) is 1.50. The third kappa shape index (κ3) is 2.76. The number of nitrogens with one attached hydrogen (secondary N) is 1. The van der Waals surface area contributed by atoms with E-state index < -0.39 is 0 Å². The van der Waals surface area contributed by atoms with Crippen molar-refractivity contribution in [1.29, 1.82) is 0 Å². The van der Waals surface area contributed by atoms with E-state index in [1.54, 1.807) is 0 Å². The van der Waals surface area contributed by atoms with Gasteiger partial charge in [0.1, 0.15) is 12.4 Å². The molecular formula is C14H15NO. The lowest BCUT2D eigenvalue weighted by Gasteiger charge is -2.07. The Bertz CT molecular complexity index is 439. The van der Waals surface area contributed by atoms with E-state index >= 15 is 0 Å². The van der Waals surface area contributed by atoms with Crippen LogP contribution in [0.5, 0.6) is 5.75 Å². The lowest BCUT2D eigenvalue weighted by Crippen LogP contribution is -1.96. The molecule has 16 heavy (non-hydrogen) atoms. The molecule has 0 fully saturated rings. The highest BCUT2D eigenvalue weighted by Gasteiger charge is 1.96. The third-order valence-electron chi connectivity index (χ3n) is 2.36. The number of hydrogen-bond donors (Lipinski definition) is 1. The van der Waals surface area contributed by atoms with E-state index in [4.69, 9.17) is 4.74 Å². The molecule has 0 heterocycles. The second-order valence-corrected chi connectivity index (χ2v) is 3.55. The largest absolute Gasteiger partial charge is 0.489 e. The smallest absolute Gasteiger partial charge is 0.119 e. The lowest BCUT2D eigenvalue weighted by molar-refractivity contribution is 0.306. The summed E-state index contributed by atoms with van der Waals surface area (Å²) in [5.74, 6) is 0.900. The van der Waals surface area contributed by atoms with E-state index in [0.29, 0.717) is 6.61 Å². The first-order chi connectivity index (χ1) is 7.88. The molecule has 0 amide bonds. The van der Waals surface area contributed by atoms with Crippen LogP contribution in [0.25, 0.3) is 0 Å². The highest BCUT2D eigenvalue weighted by Crippen LogP contribution is 2.14. The van der Waals surface area contributed by atoms with Gasteiger partial charge in [-0.3, -0.25) is 0 Å². The van der Waals surface area contributed by atoms with Gasteiger partial charge in [-0.25, -0.2) is 0 Å². The average molecular weight is 213 g/mol. The predicted molar refractivity (Wildman–Crippen MR) is 66.8 cm³/mol. The van der Waals surface area contributed by atoms with Gasteiger partial charge in [0.25, 0.3) is 0 Å². The van der Waals surface area contributed by atoms with E-state index in [1.165, 1.54) is 0 Å². The van der Waals surface area contributed by atoms with Crippen molar-refractivity contribution in [1.82, 2.24) is 0 Å². The first kappa shape index (κ1) is 10.6. The Morgan fingerprint density at radius 2 is 1.81 bits per heavy atom. The molecular weight excluding hydrogens is 198 g/mol. The van der Waals surface area contributed by atoms with Crippen LogP contribution >= 0.6 is 0 Å². The summed E-state index contributed by atoms with van der Waals surface area (Å²) in [4.78, 5) is 0. The molecule has 0 unspecified atom stereocenters. The average Bonchev–Trinajstić information content (AvgIpc) is 2.38. The highest BCUT2D eigenvalue weighted by atomic mass is 16.5. The summed E-state index contributed by atoms with van der Waals surface area (Å²) in [5, 5.41) is 3.11. The van der Waals surface area contributed by atoms with Crippen molar-refractivity contribution in [3.05, 3.63) is 60.2 Å². The fraction of sp³-hybridized carbons (Fsp3) is 0.143. The van der Waals surface area contributed by atoms with Crippen LogP contribution in [0.1, 0.15) is 5.56 Å². The molecule has 1 N–H and O–H groups in total. The second-order valence-electron chi connectivity index (χ2n) is 3.55. The molecule has 0 aromatic heterocycles. The van der Waals surface area contributed by atoms with Gasteiger partial charge in [0.2, 0.25) is 0 Å².